The lowest BCUT2D eigenvalue weighted by molar-refractivity contribution is -0.138. The van der Waals surface area contributed by atoms with Crippen LogP contribution in [0.15, 0.2) is 17.5 Å². The highest BCUT2D eigenvalue weighted by Crippen LogP contribution is 2.29. The molecule has 6 nitrogen and oxygen atoms in total. The van der Waals surface area contributed by atoms with E-state index in [1.807, 2.05) is 11.8 Å². The average Bonchev–Trinajstić information content (AvgIpc) is 2.54. The molecule has 2 rings (SSSR count). The number of rotatable bonds is 6. The second kappa shape index (κ2) is 8.27. The van der Waals surface area contributed by atoms with Gasteiger partial charge in [-0.2, -0.15) is 13.2 Å². The molecule has 1 aliphatic heterocycles. The van der Waals surface area contributed by atoms with Gasteiger partial charge in [0.15, 0.2) is 0 Å². The van der Waals surface area contributed by atoms with E-state index in [1.54, 1.807) is 6.21 Å². The van der Waals surface area contributed by atoms with Crippen molar-refractivity contribution in [3.63, 3.8) is 0 Å². The van der Waals surface area contributed by atoms with Crippen LogP contribution < -0.4 is 10.6 Å². The van der Waals surface area contributed by atoms with Crippen LogP contribution in [0.5, 0.6) is 0 Å². The number of halogens is 3. The fourth-order valence-electron chi connectivity index (χ4n) is 2.46. The Morgan fingerprint density at radius 3 is 2.54 bits per heavy atom. The van der Waals surface area contributed by atoms with Crippen molar-refractivity contribution in [2.75, 3.05) is 24.6 Å². The Morgan fingerprint density at radius 1 is 1.38 bits per heavy atom. The fraction of sp³-hybridized carbons (Fsp3) is 0.667. The molecule has 24 heavy (non-hydrogen) atoms. The highest BCUT2D eigenvalue weighted by molar-refractivity contribution is 5.62. The van der Waals surface area contributed by atoms with Crippen molar-refractivity contribution >= 4 is 12.2 Å². The van der Waals surface area contributed by atoms with Gasteiger partial charge in [0.2, 0.25) is 5.95 Å². The van der Waals surface area contributed by atoms with Gasteiger partial charge < -0.3 is 15.5 Å². The number of hydrogen-bond acceptors (Lipinski definition) is 6. The molecule has 0 aromatic carbocycles. The summed E-state index contributed by atoms with van der Waals surface area (Å²) in [6, 6.07) is -0.128. The Kier molecular flexibility index (Phi) is 6.36. The predicted octanol–water partition coefficient (Wildman–Crippen LogP) is 2.45. The number of hydrogen-bond donors (Lipinski definition) is 1. The molecule has 1 saturated heterocycles. The van der Waals surface area contributed by atoms with Crippen LogP contribution in [0.4, 0.5) is 19.1 Å². The summed E-state index contributed by atoms with van der Waals surface area (Å²) >= 11 is 0. The summed E-state index contributed by atoms with van der Waals surface area (Å²) in [6.07, 6.45) is 1.53. The SMILES string of the molecule is C[C@H](N)/C=N/OCCC1CCN(c2ncc(C(F)(F)F)cn2)CC1. The summed E-state index contributed by atoms with van der Waals surface area (Å²) in [5.74, 6) is 0.848. The number of oxime groups is 1. The van der Waals surface area contributed by atoms with Gasteiger partial charge in [0, 0.05) is 31.5 Å². The van der Waals surface area contributed by atoms with E-state index < -0.39 is 11.7 Å². The van der Waals surface area contributed by atoms with Crippen molar-refractivity contribution in [3.05, 3.63) is 18.0 Å². The second-order valence-corrected chi connectivity index (χ2v) is 5.94. The Balaban J connectivity index is 1.74. The van der Waals surface area contributed by atoms with Gasteiger partial charge in [0.25, 0.3) is 0 Å². The molecule has 0 bridgehead atoms. The van der Waals surface area contributed by atoms with E-state index in [1.165, 1.54) is 0 Å². The highest BCUT2D eigenvalue weighted by atomic mass is 19.4. The first kappa shape index (κ1) is 18.4. The van der Waals surface area contributed by atoms with Crippen LogP contribution in [0, 0.1) is 5.92 Å². The summed E-state index contributed by atoms with van der Waals surface area (Å²) in [6.45, 7) is 3.79. The maximum absolute atomic E-state index is 12.5. The lowest BCUT2D eigenvalue weighted by atomic mass is 9.94. The third kappa shape index (κ3) is 5.63. The van der Waals surface area contributed by atoms with Gasteiger partial charge in [-0.05, 0) is 32.1 Å². The molecule has 0 amide bonds. The zero-order valence-electron chi connectivity index (χ0n) is 13.5. The molecule has 2 N–H and O–H groups in total. The molecule has 1 fully saturated rings. The summed E-state index contributed by atoms with van der Waals surface area (Å²) in [7, 11) is 0. The maximum Gasteiger partial charge on any atom is 0.419 e. The van der Waals surface area contributed by atoms with E-state index in [4.69, 9.17) is 10.6 Å². The van der Waals surface area contributed by atoms with E-state index in [2.05, 4.69) is 15.1 Å². The van der Waals surface area contributed by atoms with Crippen molar-refractivity contribution in [2.45, 2.75) is 38.4 Å². The zero-order valence-corrected chi connectivity index (χ0v) is 13.5. The molecule has 1 atom stereocenters. The standard InChI is InChI=1S/C15H22F3N5O/c1-11(19)8-22-24-7-4-12-2-5-23(6-3-12)14-20-9-13(10-21-14)15(16,17)18/h8-12H,2-7,19H2,1H3/b22-8+/t11-/m0/s1. The van der Waals surface area contributed by atoms with E-state index >= 15 is 0 Å². The molecular formula is C15H22F3N5O. The van der Waals surface area contributed by atoms with Crippen molar-refractivity contribution in [1.82, 2.24) is 9.97 Å². The Morgan fingerprint density at radius 2 is 2.00 bits per heavy atom. The molecule has 1 aromatic heterocycles. The van der Waals surface area contributed by atoms with Crippen LogP contribution in [0.25, 0.3) is 0 Å². The van der Waals surface area contributed by atoms with Gasteiger partial charge in [-0.1, -0.05) is 5.16 Å². The van der Waals surface area contributed by atoms with Gasteiger partial charge in [0.05, 0.1) is 11.8 Å². The second-order valence-electron chi connectivity index (χ2n) is 5.94. The van der Waals surface area contributed by atoms with Crippen molar-refractivity contribution in [1.29, 1.82) is 0 Å². The van der Waals surface area contributed by atoms with E-state index in [-0.39, 0.29) is 6.04 Å². The number of aromatic nitrogens is 2. The quantitative estimate of drug-likeness (QED) is 0.487. The van der Waals surface area contributed by atoms with E-state index in [9.17, 15) is 13.2 Å². The van der Waals surface area contributed by atoms with Crippen LogP contribution in [-0.4, -0.2) is 41.9 Å². The minimum Gasteiger partial charge on any atom is -0.396 e. The Labute approximate surface area is 138 Å². The topological polar surface area (TPSA) is 76.6 Å². The number of nitrogens with two attached hydrogens (primary N) is 1. The van der Waals surface area contributed by atoms with Gasteiger partial charge in [-0.25, -0.2) is 9.97 Å². The molecule has 0 aliphatic carbocycles. The molecular weight excluding hydrogens is 323 g/mol. The largest absolute Gasteiger partial charge is 0.419 e. The Bertz CT molecular complexity index is 525. The molecule has 0 saturated carbocycles. The van der Waals surface area contributed by atoms with Crippen LogP contribution in [0.3, 0.4) is 0 Å². The lowest BCUT2D eigenvalue weighted by Gasteiger charge is -2.31. The molecule has 0 radical (unpaired) electrons. The van der Waals surface area contributed by atoms with Crippen molar-refractivity contribution in [3.8, 4) is 0 Å². The van der Waals surface area contributed by atoms with Crippen LogP contribution in [0.2, 0.25) is 0 Å². The van der Waals surface area contributed by atoms with Gasteiger partial charge >= 0.3 is 6.18 Å². The van der Waals surface area contributed by atoms with E-state index in [0.29, 0.717) is 18.5 Å². The third-order valence-corrected chi connectivity index (χ3v) is 3.85. The van der Waals surface area contributed by atoms with Crippen molar-refractivity contribution in [2.24, 2.45) is 16.8 Å². The van der Waals surface area contributed by atoms with Gasteiger partial charge in [-0.15, -0.1) is 0 Å². The number of anilines is 1. The summed E-state index contributed by atoms with van der Waals surface area (Å²) in [5, 5.41) is 3.77. The lowest BCUT2D eigenvalue weighted by Crippen LogP contribution is -2.35. The van der Waals surface area contributed by atoms with Crippen LogP contribution >= 0.6 is 0 Å². The molecule has 1 aliphatic rings. The number of alkyl halides is 3. The molecule has 1 aromatic rings. The third-order valence-electron chi connectivity index (χ3n) is 3.85. The monoisotopic (exact) mass is 345 g/mol. The number of nitrogens with zero attached hydrogens (tertiary/aromatic N) is 4. The molecule has 134 valence electrons. The first-order valence-electron chi connectivity index (χ1n) is 7.91. The van der Waals surface area contributed by atoms with Gasteiger partial charge in [0.1, 0.15) is 6.61 Å². The van der Waals surface area contributed by atoms with Crippen molar-refractivity contribution < 1.29 is 18.0 Å². The zero-order chi connectivity index (χ0) is 17.6. The maximum atomic E-state index is 12.5. The molecule has 0 unspecified atom stereocenters. The first-order valence-corrected chi connectivity index (χ1v) is 7.91. The first-order chi connectivity index (χ1) is 11.4. The number of piperidine rings is 1. The molecule has 0 spiro atoms. The fourth-order valence-corrected chi connectivity index (χ4v) is 2.46. The van der Waals surface area contributed by atoms with Crippen LogP contribution in [-0.2, 0) is 11.0 Å². The van der Waals surface area contributed by atoms with E-state index in [0.717, 1.165) is 44.7 Å². The Hall–Kier alpha value is -1.90. The van der Waals surface area contributed by atoms with Crippen LogP contribution in [0.1, 0.15) is 31.7 Å². The highest BCUT2D eigenvalue weighted by Gasteiger charge is 2.31. The normalized spacial score (nSPS) is 18.1. The predicted molar refractivity (Wildman–Crippen MR) is 84.7 cm³/mol. The minimum atomic E-state index is -4.41. The summed E-state index contributed by atoms with van der Waals surface area (Å²) < 4.78 is 37.5. The molecule has 2 heterocycles. The summed E-state index contributed by atoms with van der Waals surface area (Å²) in [5.41, 5.74) is 4.68. The average molecular weight is 345 g/mol. The smallest absolute Gasteiger partial charge is 0.396 e. The van der Waals surface area contributed by atoms with Gasteiger partial charge in [-0.3, -0.25) is 0 Å². The molecule has 9 heteroatoms. The summed E-state index contributed by atoms with van der Waals surface area (Å²) in [4.78, 5) is 14.7. The minimum absolute atomic E-state index is 0.128.